The first kappa shape index (κ1) is 23.4. The summed E-state index contributed by atoms with van der Waals surface area (Å²) < 4.78 is 30.7. The van der Waals surface area contributed by atoms with E-state index in [1.165, 1.54) is 0 Å². The minimum Gasteiger partial charge on any atom is -0.483 e. The molecule has 1 fully saturated rings. The van der Waals surface area contributed by atoms with E-state index in [1.54, 1.807) is 0 Å². The van der Waals surface area contributed by atoms with Crippen LogP contribution in [0, 0.1) is 0 Å². The van der Waals surface area contributed by atoms with Crippen molar-refractivity contribution in [1.82, 2.24) is 0 Å². The standard InChI is InChI=1S/C27H32O5Si/c1-2-20-33(30-24-14-5-3-6-15-24,31-25-16-7-4-8-17-25)32-27-18-10-9-12-23(27)13-11-19-28-21-26-22-29-26/h3-10,12,14-18,26H,2,11,13,19-22H2,1H3. The van der Waals surface area contributed by atoms with Crippen LogP contribution in [-0.4, -0.2) is 34.7 Å². The van der Waals surface area contributed by atoms with Gasteiger partial charge in [-0.15, -0.1) is 0 Å². The molecular formula is C27H32O5Si. The summed E-state index contributed by atoms with van der Waals surface area (Å²) in [5.41, 5.74) is 1.13. The zero-order chi connectivity index (χ0) is 22.8. The largest absolute Gasteiger partial charge is 0.699 e. The lowest BCUT2D eigenvalue weighted by Gasteiger charge is -2.31. The smallest absolute Gasteiger partial charge is 0.483 e. The summed E-state index contributed by atoms with van der Waals surface area (Å²) in [5, 5.41) is 0. The highest BCUT2D eigenvalue weighted by molar-refractivity contribution is 6.63. The van der Waals surface area contributed by atoms with E-state index in [2.05, 4.69) is 13.0 Å². The molecule has 1 heterocycles. The van der Waals surface area contributed by atoms with Crippen LogP contribution in [0.3, 0.4) is 0 Å². The van der Waals surface area contributed by atoms with Crippen molar-refractivity contribution in [2.75, 3.05) is 19.8 Å². The summed E-state index contributed by atoms with van der Waals surface area (Å²) in [6, 6.07) is 28.4. The third-order valence-corrected chi connectivity index (χ3v) is 8.00. The maximum absolute atomic E-state index is 6.72. The van der Waals surface area contributed by atoms with Gasteiger partial charge in [-0.3, -0.25) is 0 Å². The predicted octanol–water partition coefficient (Wildman–Crippen LogP) is 5.92. The molecule has 0 aliphatic carbocycles. The molecule has 5 nitrogen and oxygen atoms in total. The highest BCUT2D eigenvalue weighted by atomic mass is 28.4. The number of aryl methyl sites for hydroxylation is 1. The molecule has 1 atom stereocenters. The number of hydrogen-bond donors (Lipinski definition) is 0. The molecule has 0 spiro atoms. The van der Waals surface area contributed by atoms with Gasteiger partial charge in [-0.25, -0.2) is 0 Å². The molecule has 0 bridgehead atoms. The molecule has 1 saturated heterocycles. The second kappa shape index (κ2) is 11.9. The fourth-order valence-corrected chi connectivity index (χ4v) is 6.15. The summed E-state index contributed by atoms with van der Waals surface area (Å²) in [5.74, 6) is 2.32. The molecule has 0 N–H and O–H groups in total. The van der Waals surface area contributed by atoms with Crippen LogP contribution in [0.1, 0.15) is 25.3 Å². The van der Waals surface area contributed by atoms with Crippen LogP contribution < -0.4 is 13.3 Å². The number of benzene rings is 3. The predicted molar refractivity (Wildman–Crippen MR) is 131 cm³/mol. The van der Waals surface area contributed by atoms with Gasteiger partial charge in [0.05, 0.1) is 19.3 Å². The second-order valence-corrected chi connectivity index (χ2v) is 10.6. The molecule has 6 heteroatoms. The maximum atomic E-state index is 6.72. The van der Waals surface area contributed by atoms with Gasteiger partial charge in [0.25, 0.3) is 0 Å². The quantitative estimate of drug-likeness (QED) is 0.168. The van der Waals surface area contributed by atoms with Gasteiger partial charge in [0.2, 0.25) is 0 Å². The van der Waals surface area contributed by atoms with Crippen molar-refractivity contribution in [3.8, 4) is 17.2 Å². The first-order chi connectivity index (χ1) is 16.3. The molecule has 0 amide bonds. The number of ether oxygens (including phenoxy) is 2. The molecule has 0 saturated carbocycles. The van der Waals surface area contributed by atoms with E-state index in [9.17, 15) is 0 Å². The van der Waals surface area contributed by atoms with Gasteiger partial charge in [-0.1, -0.05) is 61.5 Å². The zero-order valence-corrected chi connectivity index (χ0v) is 20.2. The number of hydrogen-bond acceptors (Lipinski definition) is 5. The lowest BCUT2D eigenvalue weighted by Crippen LogP contribution is -2.54. The summed E-state index contributed by atoms with van der Waals surface area (Å²) in [4.78, 5) is 0. The summed E-state index contributed by atoms with van der Waals surface area (Å²) >= 11 is 0. The van der Waals surface area contributed by atoms with Crippen molar-refractivity contribution in [2.45, 2.75) is 38.3 Å². The van der Waals surface area contributed by atoms with Crippen molar-refractivity contribution < 1.29 is 22.8 Å². The Hall–Kier alpha value is -2.80. The highest BCUT2D eigenvalue weighted by Gasteiger charge is 2.48. The topological polar surface area (TPSA) is 49.5 Å². The summed E-state index contributed by atoms with van der Waals surface area (Å²) in [6.45, 7) is 4.33. The summed E-state index contributed by atoms with van der Waals surface area (Å²) in [6.07, 6.45) is 2.95. The molecule has 3 aromatic rings. The molecule has 4 rings (SSSR count). The lowest BCUT2D eigenvalue weighted by molar-refractivity contribution is 0.114. The molecule has 33 heavy (non-hydrogen) atoms. The van der Waals surface area contributed by atoms with Crippen molar-refractivity contribution >= 4 is 8.80 Å². The van der Waals surface area contributed by atoms with Crippen LogP contribution in [0.4, 0.5) is 0 Å². The Morgan fingerprint density at radius 3 is 2.03 bits per heavy atom. The highest BCUT2D eigenvalue weighted by Crippen LogP contribution is 2.30. The van der Waals surface area contributed by atoms with Crippen molar-refractivity contribution in [3.63, 3.8) is 0 Å². The van der Waals surface area contributed by atoms with Gasteiger partial charge >= 0.3 is 8.80 Å². The van der Waals surface area contributed by atoms with Crippen LogP contribution in [-0.2, 0) is 15.9 Å². The van der Waals surface area contributed by atoms with Gasteiger partial charge in [0, 0.05) is 6.61 Å². The van der Waals surface area contributed by atoms with Gasteiger partial charge < -0.3 is 22.8 Å². The molecule has 174 valence electrons. The van der Waals surface area contributed by atoms with E-state index in [0.717, 1.165) is 48.7 Å². The van der Waals surface area contributed by atoms with Crippen molar-refractivity contribution in [2.24, 2.45) is 0 Å². The van der Waals surface area contributed by atoms with Gasteiger partial charge in [0.1, 0.15) is 23.4 Å². The monoisotopic (exact) mass is 464 g/mol. The molecule has 1 unspecified atom stereocenters. The SMILES string of the molecule is CCC[Si](Oc1ccccc1)(Oc1ccccc1)Oc1ccccc1CCCOCC1CO1. The van der Waals surface area contributed by atoms with E-state index in [0.29, 0.717) is 25.4 Å². The molecule has 0 radical (unpaired) electrons. The van der Waals surface area contributed by atoms with E-state index in [-0.39, 0.29) is 0 Å². The Kier molecular flexibility index (Phi) is 8.41. The molecule has 3 aromatic carbocycles. The van der Waals surface area contributed by atoms with E-state index in [4.69, 9.17) is 22.8 Å². The first-order valence-corrected chi connectivity index (χ1v) is 13.6. The Morgan fingerprint density at radius 1 is 0.818 bits per heavy atom. The normalized spacial score (nSPS) is 15.1. The van der Waals surface area contributed by atoms with E-state index in [1.807, 2.05) is 78.9 Å². The lowest BCUT2D eigenvalue weighted by atomic mass is 10.1. The van der Waals surface area contributed by atoms with Crippen LogP contribution in [0.25, 0.3) is 0 Å². The van der Waals surface area contributed by atoms with E-state index < -0.39 is 8.80 Å². The Labute approximate surface area is 197 Å². The fraction of sp³-hybridized carbons (Fsp3) is 0.333. The minimum absolute atomic E-state index is 0.298. The van der Waals surface area contributed by atoms with E-state index >= 15 is 0 Å². The van der Waals surface area contributed by atoms with Crippen LogP contribution >= 0.6 is 0 Å². The third kappa shape index (κ3) is 7.35. The number of rotatable bonds is 14. The van der Waals surface area contributed by atoms with Gasteiger partial charge in [0.15, 0.2) is 0 Å². The van der Waals surface area contributed by atoms with Crippen LogP contribution in [0.2, 0.25) is 6.04 Å². The van der Waals surface area contributed by atoms with Crippen molar-refractivity contribution in [3.05, 3.63) is 90.5 Å². The molecular weight excluding hydrogens is 432 g/mol. The Balaban J connectivity index is 1.53. The number of epoxide rings is 1. The second-order valence-electron chi connectivity index (χ2n) is 8.11. The molecule has 0 aromatic heterocycles. The van der Waals surface area contributed by atoms with Crippen LogP contribution in [0.15, 0.2) is 84.9 Å². The van der Waals surface area contributed by atoms with Crippen LogP contribution in [0.5, 0.6) is 17.2 Å². The molecule has 1 aliphatic heterocycles. The maximum Gasteiger partial charge on any atom is 0.699 e. The van der Waals surface area contributed by atoms with Gasteiger partial charge in [-0.2, -0.15) is 0 Å². The summed E-state index contributed by atoms with van der Waals surface area (Å²) in [7, 11) is -3.16. The Bertz CT molecular complexity index is 921. The number of para-hydroxylation sites is 3. The van der Waals surface area contributed by atoms with Gasteiger partial charge in [-0.05, 0) is 55.2 Å². The molecule has 1 aliphatic rings. The zero-order valence-electron chi connectivity index (χ0n) is 19.2. The average molecular weight is 465 g/mol. The Morgan fingerprint density at radius 2 is 1.42 bits per heavy atom. The minimum atomic E-state index is -3.16. The first-order valence-electron chi connectivity index (χ1n) is 11.7. The average Bonchev–Trinajstić information content (AvgIpc) is 3.66. The third-order valence-electron chi connectivity index (χ3n) is 5.27. The van der Waals surface area contributed by atoms with Crippen molar-refractivity contribution in [1.29, 1.82) is 0 Å². The fourth-order valence-electron chi connectivity index (χ4n) is 3.58.